The average Bonchev–Trinajstić information content (AvgIpc) is 2.88. The van der Waals surface area contributed by atoms with Crippen LogP contribution in [-0.2, 0) is 19.3 Å². The van der Waals surface area contributed by atoms with Gasteiger partial charge in [-0.2, -0.15) is 0 Å². The first-order valence-electron chi connectivity index (χ1n) is 6.41. The monoisotopic (exact) mass is 220 g/mol. The first-order chi connectivity index (χ1) is 7.33. The lowest BCUT2D eigenvalue weighted by molar-refractivity contribution is 0.317. The molecule has 0 radical (unpaired) electrons. The lowest BCUT2D eigenvalue weighted by Crippen LogP contribution is -2.16. The summed E-state index contributed by atoms with van der Waals surface area (Å²) in [5.41, 5.74) is 4.20. The van der Waals surface area contributed by atoms with E-state index < -0.39 is 0 Å². The van der Waals surface area contributed by atoms with Crippen molar-refractivity contribution < 1.29 is 0 Å². The third-order valence-electron chi connectivity index (χ3n) is 4.33. The van der Waals surface area contributed by atoms with Crippen LogP contribution in [0.15, 0.2) is 5.38 Å². The normalized spacial score (nSPS) is 22.5. The molecule has 0 aromatic carbocycles. The summed E-state index contributed by atoms with van der Waals surface area (Å²) < 4.78 is 0. The van der Waals surface area contributed by atoms with Gasteiger partial charge in [0.05, 0.1) is 0 Å². The minimum absolute atomic E-state index is 0.723. The molecule has 0 amide bonds. The molecule has 1 spiro atoms. The standard InChI is InChI=1S/C14H20S/c1-2-5-13-12-9-14(6-3-4-7-14)8-11(12)10-15-13/h10H,2-9H2,1H3. The predicted octanol–water partition coefficient (Wildman–Crippen LogP) is 4.36. The summed E-state index contributed by atoms with van der Waals surface area (Å²) in [7, 11) is 0. The van der Waals surface area contributed by atoms with Crippen LogP contribution in [0, 0.1) is 5.41 Å². The van der Waals surface area contributed by atoms with E-state index in [1.807, 2.05) is 11.3 Å². The van der Waals surface area contributed by atoms with Crippen LogP contribution in [0.4, 0.5) is 0 Å². The van der Waals surface area contributed by atoms with E-state index in [1.54, 1.807) is 16.0 Å². The van der Waals surface area contributed by atoms with Crippen molar-refractivity contribution in [3.05, 3.63) is 21.4 Å². The molecule has 2 aliphatic rings. The molecule has 3 rings (SSSR count). The van der Waals surface area contributed by atoms with Crippen LogP contribution in [-0.4, -0.2) is 0 Å². The van der Waals surface area contributed by atoms with Crippen molar-refractivity contribution in [3.8, 4) is 0 Å². The smallest absolute Gasteiger partial charge is 0.00801 e. The molecule has 0 nitrogen and oxygen atoms in total. The Hall–Kier alpha value is -0.300. The number of thiophene rings is 1. The molecule has 0 saturated heterocycles. The third kappa shape index (κ3) is 1.56. The fourth-order valence-corrected chi connectivity index (χ4v) is 4.76. The quantitative estimate of drug-likeness (QED) is 0.694. The van der Waals surface area contributed by atoms with E-state index in [4.69, 9.17) is 0 Å². The van der Waals surface area contributed by atoms with Gasteiger partial charge in [0, 0.05) is 4.88 Å². The highest BCUT2D eigenvalue weighted by atomic mass is 32.1. The summed E-state index contributed by atoms with van der Waals surface area (Å²) in [5, 5.41) is 2.45. The zero-order chi connectivity index (χ0) is 10.3. The maximum Gasteiger partial charge on any atom is 0.00801 e. The van der Waals surface area contributed by atoms with Gasteiger partial charge in [0.2, 0.25) is 0 Å². The van der Waals surface area contributed by atoms with E-state index >= 15 is 0 Å². The Kier molecular flexibility index (Phi) is 2.39. The minimum atomic E-state index is 0.723. The second-order valence-electron chi connectivity index (χ2n) is 5.47. The highest BCUT2D eigenvalue weighted by Crippen LogP contribution is 2.50. The van der Waals surface area contributed by atoms with E-state index in [9.17, 15) is 0 Å². The number of aryl methyl sites for hydroxylation is 1. The molecular weight excluding hydrogens is 200 g/mol. The van der Waals surface area contributed by atoms with E-state index in [2.05, 4.69) is 12.3 Å². The van der Waals surface area contributed by atoms with Crippen LogP contribution in [0.5, 0.6) is 0 Å². The largest absolute Gasteiger partial charge is 0.148 e. The zero-order valence-electron chi connectivity index (χ0n) is 9.64. The van der Waals surface area contributed by atoms with Gasteiger partial charge in [-0.1, -0.05) is 26.2 Å². The van der Waals surface area contributed by atoms with Gasteiger partial charge < -0.3 is 0 Å². The Morgan fingerprint density at radius 3 is 2.80 bits per heavy atom. The molecule has 1 fully saturated rings. The molecule has 1 heterocycles. The average molecular weight is 220 g/mol. The summed E-state index contributed by atoms with van der Waals surface area (Å²) in [6.45, 7) is 2.30. The SMILES string of the molecule is CCCc1scc2c1CC1(CCCC1)C2. The molecule has 2 aliphatic carbocycles. The van der Waals surface area contributed by atoms with Gasteiger partial charge in [0.1, 0.15) is 0 Å². The van der Waals surface area contributed by atoms with Crippen molar-refractivity contribution in [2.24, 2.45) is 5.41 Å². The molecule has 1 saturated carbocycles. The lowest BCUT2D eigenvalue weighted by atomic mass is 9.83. The highest BCUT2D eigenvalue weighted by Gasteiger charge is 2.40. The molecule has 0 unspecified atom stereocenters. The van der Waals surface area contributed by atoms with Crippen LogP contribution in [0.2, 0.25) is 0 Å². The van der Waals surface area contributed by atoms with Crippen molar-refractivity contribution in [1.82, 2.24) is 0 Å². The minimum Gasteiger partial charge on any atom is -0.148 e. The summed E-state index contributed by atoms with van der Waals surface area (Å²) >= 11 is 2.02. The van der Waals surface area contributed by atoms with Crippen LogP contribution in [0.1, 0.15) is 55.0 Å². The molecular formula is C14H20S. The van der Waals surface area contributed by atoms with E-state index in [0.717, 1.165) is 5.41 Å². The Morgan fingerprint density at radius 2 is 2.07 bits per heavy atom. The lowest BCUT2D eigenvalue weighted by Gasteiger charge is -2.22. The Balaban J connectivity index is 1.86. The van der Waals surface area contributed by atoms with Crippen LogP contribution in [0.25, 0.3) is 0 Å². The fraction of sp³-hybridized carbons (Fsp3) is 0.714. The molecule has 0 N–H and O–H groups in total. The molecule has 0 bridgehead atoms. The molecule has 15 heavy (non-hydrogen) atoms. The first kappa shape index (κ1) is 9.89. The Morgan fingerprint density at radius 1 is 1.27 bits per heavy atom. The van der Waals surface area contributed by atoms with Crippen molar-refractivity contribution in [2.75, 3.05) is 0 Å². The van der Waals surface area contributed by atoms with Crippen LogP contribution < -0.4 is 0 Å². The third-order valence-corrected chi connectivity index (χ3v) is 5.46. The molecule has 1 aromatic heterocycles. The summed E-state index contributed by atoms with van der Waals surface area (Å²) in [6.07, 6.45) is 11.4. The predicted molar refractivity (Wildman–Crippen MR) is 66.6 cm³/mol. The molecule has 0 aliphatic heterocycles. The number of hydrogen-bond acceptors (Lipinski definition) is 1. The maximum absolute atomic E-state index is 2.45. The van der Waals surface area contributed by atoms with Crippen molar-refractivity contribution in [1.29, 1.82) is 0 Å². The molecule has 1 aromatic rings. The fourth-order valence-electron chi connectivity index (χ4n) is 3.58. The van der Waals surface area contributed by atoms with Gasteiger partial charge in [-0.25, -0.2) is 0 Å². The molecule has 1 heteroatoms. The number of fused-ring (bicyclic) bond motifs is 1. The van der Waals surface area contributed by atoms with E-state index in [-0.39, 0.29) is 0 Å². The maximum atomic E-state index is 2.45. The summed E-state index contributed by atoms with van der Waals surface area (Å²) in [6, 6.07) is 0. The van der Waals surface area contributed by atoms with Crippen molar-refractivity contribution in [3.63, 3.8) is 0 Å². The van der Waals surface area contributed by atoms with Gasteiger partial charge in [0.15, 0.2) is 0 Å². The van der Waals surface area contributed by atoms with Crippen LogP contribution in [0.3, 0.4) is 0 Å². The van der Waals surface area contributed by atoms with Crippen molar-refractivity contribution in [2.45, 2.75) is 58.3 Å². The Bertz CT molecular complexity index is 355. The van der Waals surface area contributed by atoms with E-state index in [0.29, 0.717) is 0 Å². The number of hydrogen-bond donors (Lipinski definition) is 0. The number of rotatable bonds is 2. The van der Waals surface area contributed by atoms with Gasteiger partial charge >= 0.3 is 0 Å². The summed E-state index contributed by atoms with van der Waals surface area (Å²) in [5.74, 6) is 0. The summed E-state index contributed by atoms with van der Waals surface area (Å²) in [4.78, 5) is 1.70. The first-order valence-corrected chi connectivity index (χ1v) is 7.29. The van der Waals surface area contributed by atoms with Gasteiger partial charge in [-0.05, 0) is 54.0 Å². The second-order valence-corrected chi connectivity index (χ2v) is 6.44. The van der Waals surface area contributed by atoms with Crippen LogP contribution >= 0.6 is 11.3 Å². The van der Waals surface area contributed by atoms with Gasteiger partial charge in [-0.15, -0.1) is 11.3 Å². The second kappa shape index (κ2) is 3.62. The van der Waals surface area contributed by atoms with Gasteiger partial charge in [0.25, 0.3) is 0 Å². The van der Waals surface area contributed by atoms with Crippen molar-refractivity contribution >= 4 is 11.3 Å². The highest BCUT2D eigenvalue weighted by molar-refractivity contribution is 7.10. The molecule has 82 valence electrons. The zero-order valence-corrected chi connectivity index (χ0v) is 10.5. The topological polar surface area (TPSA) is 0 Å². The molecule has 0 atom stereocenters. The van der Waals surface area contributed by atoms with E-state index in [1.165, 1.54) is 51.4 Å². The Labute approximate surface area is 96.7 Å². The van der Waals surface area contributed by atoms with Gasteiger partial charge in [-0.3, -0.25) is 0 Å².